The fourth-order valence-corrected chi connectivity index (χ4v) is 5.19. The van der Waals surface area contributed by atoms with E-state index in [4.69, 9.17) is 9.72 Å². The molecule has 3 N–H and O–H groups in total. The summed E-state index contributed by atoms with van der Waals surface area (Å²) in [6, 6.07) is 2.71. The van der Waals surface area contributed by atoms with Gasteiger partial charge in [0.1, 0.15) is 23.5 Å². The van der Waals surface area contributed by atoms with Gasteiger partial charge < -0.3 is 25.0 Å². The molecule has 1 atom stereocenters. The molecular weight excluding hydrogens is 472 g/mol. The summed E-state index contributed by atoms with van der Waals surface area (Å²) in [6.07, 6.45) is 5.96. The van der Waals surface area contributed by atoms with Gasteiger partial charge in [-0.15, -0.1) is 0 Å². The molecule has 0 spiro atoms. The van der Waals surface area contributed by atoms with Gasteiger partial charge in [0, 0.05) is 35.8 Å². The number of halogens is 2. The Morgan fingerprint density at radius 2 is 2.17 bits per heavy atom. The summed E-state index contributed by atoms with van der Waals surface area (Å²) >= 11 is 0. The normalized spacial score (nSPS) is 24.4. The number of aliphatic hydroxyl groups excluding tert-OH is 1. The maximum Gasteiger partial charge on any atom is 0.267 e. The molecule has 7 rings (SSSR count). The number of ether oxygens (including phenoxy) is 1. The van der Waals surface area contributed by atoms with Crippen molar-refractivity contribution in [3.8, 4) is 17.0 Å². The second kappa shape index (κ2) is 7.60. The summed E-state index contributed by atoms with van der Waals surface area (Å²) < 4.78 is 37.2. The molecule has 0 saturated heterocycles. The lowest BCUT2D eigenvalue weighted by molar-refractivity contribution is -0.102. The highest BCUT2D eigenvalue weighted by molar-refractivity contribution is 6.02. The lowest BCUT2D eigenvalue weighted by Gasteiger charge is -2.36. The Balaban J connectivity index is 1.39. The molecular formula is C24H23F2N7O3. The molecule has 2 aliphatic carbocycles. The Kier molecular flexibility index (Phi) is 4.53. The quantitative estimate of drug-likeness (QED) is 0.398. The summed E-state index contributed by atoms with van der Waals surface area (Å²) in [4.78, 5) is 22.4. The molecule has 4 aromatic heterocycles. The lowest BCUT2D eigenvalue weighted by atomic mass is 9.88. The lowest BCUT2D eigenvalue weighted by Crippen LogP contribution is -2.55. The van der Waals surface area contributed by atoms with Gasteiger partial charge in [-0.25, -0.2) is 18.7 Å². The highest BCUT2D eigenvalue weighted by Gasteiger charge is 2.49. The molecule has 36 heavy (non-hydrogen) atoms. The molecule has 0 aromatic carbocycles. The first-order valence-electron chi connectivity index (χ1n) is 12.0. The van der Waals surface area contributed by atoms with Crippen LogP contribution in [0, 0.1) is 0 Å². The van der Waals surface area contributed by atoms with Crippen LogP contribution >= 0.6 is 0 Å². The molecule has 0 unspecified atom stereocenters. The Morgan fingerprint density at radius 3 is 2.92 bits per heavy atom. The van der Waals surface area contributed by atoms with Crippen molar-refractivity contribution in [3.63, 3.8) is 0 Å². The Bertz CT molecular complexity index is 1530. The molecule has 1 amide bonds. The SMILES string of the molecule is O=C(N[C@H]1CCC1(F)F)c1cnn2c3c(c(-c4cn([C@H]5C[C@H](O)C5)c5ncccc45)nc12)OCCN3. The number of aliphatic hydroxyl groups is 1. The van der Waals surface area contributed by atoms with E-state index >= 15 is 0 Å². The molecule has 5 heterocycles. The summed E-state index contributed by atoms with van der Waals surface area (Å²) in [6.45, 7) is 0.953. The Labute approximate surface area is 203 Å². The van der Waals surface area contributed by atoms with Crippen LogP contribution < -0.4 is 15.4 Å². The molecule has 2 saturated carbocycles. The van der Waals surface area contributed by atoms with E-state index in [1.54, 1.807) is 6.20 Å². The number of amides is 1. The van der Waals surface area contributed by atoms with Crippen molar-refractivity contribution in [2.45, 2.75) is 49.8 Å². The third-order valence-electron chi connectivity index (χ3n) is 7.40. The summed E-state index contributed by atoms with van der Waals surface area (Å²) in [5.74, 6) is -2.52. The number of alkyl halides is 2. The second-order valence-corrected chi connectivity index (χ2v) is 9.64. The van der Waals surface area contributed by atoms with Crippen LogP contribution in [0.25, 0.3) is 27.9 Å². The predicted octanol–water partition coefficient (Wildman–Crippen LogP) is 2.77. The van der Waals surface area contributed by atoms with Crippen LogP contribution in [-0.2, 0) is 0 Å². The van der Waals surface area contributed by atoms with Gasteiger partial charge in [-0.1, -0.05) is 0 Å². The van der Waals surface area contributed by atoms with E-state index in [9.17, 15) is 18.7 Å². The summed E-state index contributed by atoms with van der Waals surface area (Å²) in [5.41, 5.74) is 2.39. The van der Waals surface area contributed by atoms with Crippen molar-refractivity contribution in [2.75, 3.05) is 18.5 Å². The maximum atomic E-state index is 13.8. The number of hydrogen-bond acceptors (Lipinski definition) is 7. The fourth-order valence-electron chi connectivity index (χ4n) is 5.19. The maximum absolute atomic E-state index is 13.8. The number of nitrogens with one attached hydrogen (secondary N) is 2. The van der Waals surface area contributed by atoms with E-state index in [-0.39, 0.29) is 36.2 Å². The van der Waals surface area contributed by atoms with Crippen molar-refractivity contribution in [2.24, 2.45) is 0 Å². The van der Waals surface area contributed by atoms with E-state index in [1.807, 2.05) is 18.3 Å². The van der Waals surface area contributed by atoms with Crippen molar-refractivity contribution >= 4 is 28.4 Å². The molecule has 186 valence electrons. The third-order valence-corrected chi connectivity index (χ3v) is 7.40. The molecule has 2 fully saturated rings. The van der Waals surface area contributed by atoms with Crippen LogP contribution in [0.2, 0.25) is 0 Å². The average Bonchev–Trinajstić information content (AvgIpc) is 3.46. The number of hydrogen-bond donors (Lipinski definition) is 3. The van der Waals surface area contributed by atoms with Crippen molar-refractivity contribution in [3.05, 3.63) is 36.3 Å². The number of nitrogens with zero attached hydrogens (tertiary/aromatic N) is 5. The number of fused-ring (bicyclic) bond motifs is 4. The average molecular weight is 495 g/mol. The molecule has 12 heteroatoms. The van der Waals surface area contributed by atoms with E-state index in [0.717, 1.165) is 16.6 Å². The van der Waals surface area contributed by atoms with Crippen LogP contribution in [-0.4, -0.2) is 66.4 Å². The van der Waals surface area contributed by atoms with E-state index in [2.05, 4.69) is 25.3 Å². The van der Waals surface area contributed by atoms with Crippen LogP contribution in [0.5, 0.6) is 5.75 Å². The van der Waals surface area contributed by atoms with Crippen LogP contribution in [0.1, 0.15) is 42.1 Å². The molecule has 4 aromatic rings. The Hall–Kier alpha value is -3.80. The molecule has 1 aliphatic heterocycles. The van der Waals surface area contributed by atoms with Crippen LogP contribution in [0.15, 0.2) is 30.7 Å². The molecule has 3 aliphatic rings. The topological polar surface area (TPSA) is 119 Å². The molecule has 0 radical (unpaired) electrons. The van der Waals surface area contributed by atoms with Gasteiger partial charge in [0.2, 0.25) is 0 Å². The van der Waals surface area contributed by atoms with Crippen molar-refractivity contribution in [1.29, 1.82) is 0 Å². The van der Waals surface area contributed by atoms with Gasteiger partial charge in [0.05, 0.1) is 24.9 Å². The monoisotopic (exact) mass is 495 g/mol. The first-order valence-corrected chi connectivity index (χ1v) is 12.0. The number of pyridine rings is 1. The summed E-state index contributed by atoms with van der Waals surface area (Å²) in [7, 11) is 0. The first kappa shape index (κ1) is 21.5. The highest BCUT2D eigenvalue weighted by Crippen LogP contribution is 2.44. The number of rotatable bonds is 4. The zero-order chi connectivity index (χ0) is 24.6. The number of aromatic nitrogens is 5. The van der Waals surface area contributed by atoms with Crippen LogP contribution in [0.4, 0.5) is 14.6 Å². The van der Waals surface area contributed by atoms with Crippen molar-refractivity contribution < 1.29 is 23.4 Å². The molecule has 0 bridgehead atoms. The Morgan fingerprint density at radius 1 is 1.31 bits per heavy atom. The zero-order valence-corrected chi connectivity index (χ0v) is 19.1. The van der Waals surface area contributed by atoms with Crippen molar-refractivity contribution in [1.82, 2.24) is 29.5 Å². The standard InChI is InChI=1S/C24H23F2N7O3/c25-24(26)4-3-17(24)30-23(35)15-10-29-33-21(15)31-18(19-22(33)28-6-7-36-19)16-11-32(12-8-13(34)9-12)20-14(16)2-1-5-27-20/h1-2,5,10-13,17,28,34H,3-4,6-9H2,(H,30,35)/t12-,13-,17-/m0/s1. The first-order chi connectivity index (χ1) is 17.4. The number of carbonyl (C=O) groups is 1. The summed E-state index contributed by atoms with van der Waals surface area (Å²) in [5, 5.41) is 20.7. The van der Waals surface area contributed by atoms with Gasteiger partial charge >= 0.3 is 0 Å². The largest absolute Gasteiger partial charge is 0.486 e. The van der Waals surface area contributed by atoms with Crippen LogP contribution in [0.3, 0.4) is 0 Å². The van der Waals surface area contributed by atoms with Gasteiger partial charge in [-0.2, -0.15) is 9.61 Å². The molecule has 10 nitrogen and oxygen atoms in total. The van der Waals surface area contributed by atoms with E-state index in [1.165, 1.54) is 10.7 Å². The zero-order valence-electron chi connectivity index (χ0n) is 19.1. The predicted molar refractivity (Wildman–Crippen MR) is 125 cm³/mol. The minimum atomic E-state index is -2.91. The number of carbonyl (C=O) groups excluding carboxylic acids is 1. The minimum absolute atomic E-state index is 0.109. The minimum Gasteiger partial charge on any atom is -0.486 e. The number of anilines is 1. The highest BCUT2D eigenvalue weighted by atomic mass is 19.3. The smallest absolute Gasteiger partial charge is 0.267 e. The third kappa shape index (κ3) is 3.10. The second-order valence-electron chi connectivity index (χ2n) is 9.64. The van der Waals surface area contributed by atoms with Gasteiger partial charge in [-0.05, 0) is 31.4 Å². The fraction of sp³-hybridized carbons (Fsp3) is 0.417. The van der Waals surface area contributed by atoms with E-state index < -0.39 is 17.9 Å². The van der Waals surface area contributed by atoms with Gasteiger partial charge in [0.25, 0.3) is 11.8 Å². The van der Waals surface area contributed by atoms with Gasteiger partial charge in [0.15, 0.2) is 17.2 Å². The van der Waals surface area contributed by atoms with Gasteiger partial charge in [-0.3, -0.25) is 4.79 Å². The van der Waals surface area contributed by atoms with E-state index in [0.29, 0.717) is 43.3 Å².